The number of amides is 1. The molecule has 0 aliphatic rings. The maximum Gasteiger partial charge on any atom is 0.230 e. The van der Waals surface area contributed by atoms with Crippen LogP contribution >= 0.6 is 27.7 Å². The Bertz CT molecular complexity index is 108. The van der Waals surface area contributed by atoms with Crippen molar-refractivity contribution >= 4 is 33.6 Å². The van der Waals surface area contributed by atoms with E-state index in [1.807, 2.05) is 13.2 Å². The summed E-state index contributed by atoms with van der Waals surface area (Å²) in [4.78, 5) is 11.2. The molecule has 0 aliphatic heterocycles. The SMILES string of the molecule is CSCC(=O)NCC(C)Br. The fourth-order valence-corrected chi connectivity index (χ4v) is 0.963. The molecule has 0 saturated carbocycles. The number of hydrogen-bond acceptors (Lipinski definition) is 2. The number of alkyl halides is 1. The minimum absolute atomic E-state index is 0.110. The summed E-state index contributed by atoms with van der Waals surface area (Å²) in [5.74, 6) is 0.665. The third-order valence-electron chi connectivity index (χ3n) is 0.856. The van der Waals surface area contributed by atoms with Crippen molar-refractivity contribution < 1.29 is 4.79 Å². The van der Waals surface area contributed by atoms with E-state index in [1.165, 1.54) is 11.8 Å². The van der Waals surface area contributed by atoms with Crippen molar-refractivity contribution in [3.05, 3.63) is 0 Å². The highest BCUT2D eigenvalue weighted by molar-refractivity contribution is 9.09. The summed E-state index contributed by atoms with van der Waals surface area (Å²) in [5, 5.41) is 2.78. The predicted octanol–water partition coefficient (Wildman–Crippen LogP) is 1.25. The Balaban J connectivity index is 3.22. The molecule has 1 unspecified atom stereocenters. The molecule has 1 amide bonds. The highest BCUT2D eigenvalue weighted by Crippen LogP contribution is 1.94. The summed E-state index contributed by atoms with van der Waals surface area (Å²) >= 11 is 4.87. The summed E-state index contributed by atoms with van der Waals surface area (Å²) in [5.41, 5.74) is 0. The van der Waals surface area contributed by atoms with Crippen molar-refractivity contribution in [3.63, 3.8) is 0 Å². The van der Waals surface area contributed by atoms with Gasteiger partial charge in [0.15, 0.2) is 0 Å². The van der Waals surface area contributed by atoms with Crippen molar-refractivity contribution in [2.75, 3.05) is 18.6 Å². The van der Waals surface area contributed by atoms with E-state index in [9.17, 15) is 4.79 Å². The van der Waals surface area contributed by atoms with Crippen LogP contribution < -0.4 is 5.32 Å². The molecule has 1 N–H and O–H groups in total. The zero-order valence-electron chi connectivity index (χ0n) is 6.19. The van der Waals surface area contributed by atoms with E-state index >= 15 is 0 Å². The zero-order chi connectivity index (χ0) is 7.98. The third-order valence-corrected chi connectivity index (χ3v) is 1.73. The normalized spacial score (nSPS) is 12.7. The van der Waals surface area contributed by atoms with E-state index in [-0.39, 0.29) is 5.91 Å². The molecule has 0 bridgehead atoms. The Kier molecular flexibility index (Phi) is 6.22. The van der Waals surface area contributed by atoms with Gasteiger partial charge in [-0.05, 0) is 6.26 Å². The second kappa shape index (κ2) is 6.04. The fraction of sp³-hybridized carbons (Fsp3) is 0.833. The van der Waals surface area contributed by atoms with Crippen LogP contribution in [0.25, 0.3) is 0 Å². The van der Waals surface area contributed by atoms with Gasteiger partial charge in [0.05, 0.1) is 5.75 Å². The number of thioether (sulfide) groups is 1. The van der Waals surface area contributed by atoms with E-state index in [0.717, 1.165) is 0 Å². The average molecular weight is 226 g/mol. The Morgan fingerprint density at radius 2 is 2.40 bits per heavy atom. The lowest BCUT2D eigenvalue weighted by atomic mass is 10.5. The van der Waals surface area contributed by atoms with Crippen LogP contribution in [0.4, 0.5) is 0 Å². The van der Waals surface area contributed by atoms with Crippen LogP contribution in [0.2, 0.25) is 0 Å². The molecule has 0 fully saturated rings. The standard InChI is InChI=1S/C6H12BrNOS/c1-5(7)3-8-6(9)4-10-2/h5H,3-4H2,1-2H3,(H,8,9). The van der Waals surface area contributed by atoms with Crippen molar-refractivity contribution in [1.82, 2.24) is 5.32 Å². The average Bonchev–Trinajstić information content (AvgIpc) is 1.85. The van der Waals surface area contributed by atoms with Gasteiger partial charge in [0.2, 0.25) is 5.91 Å². The lowest BCUT2D eigenvalue weighted by molar-refractivity contribution is -0.118. The van der Waals surface area contributed by atoms with Gasteiger partial charge in [0.1, 0.15) is 0 Å². The van der Waals surface area contributed by atoms with Crippen LogP contribution in [0, 0.1) is 0 Å². The minimum Gasteiger partial charge on any atom is -0.354 e. The van der Waals surface area contributed by atoms with Crippen LogP contribution in [-0.4, -0.2) is 29.3 Å². The van der Waals surface area contributed by atoms with E-state index in [1.54, 1.807) is 0 Å². The molecular weight excluding hydrogens is 214 g/mol. The number of halogens is 1. The van der Waals surface area contributed by atoms with Gasteiger partial charge in [-0.15, -0.1) is 0 Å². The molecule has 0 aromatic carbocycles. The van der Waals surface area contributed by atoms with Gasteiger partial charge in [-0.1, -0.05) is 22.9 Å². The number of hydrogen-bond donors (Lipinski definition) is 1. The Hall–Kier alpha value is 0.300. The first-order valence-electron chi connectivity index (χ1n) is 3.06. The summed E-state index contributed by atoms with van der Waals surface area (Å²) in [6.45, 7) is 2.71. The fourth-order valence-electron chi connectivity index (χ4n) is 0.437. The van der Waals surface area contributed by atoms with Crippen molar-refractivity contribution in [2.45, 2.75) is 11.8 Å². The summed E-state index contributed by atoms with van der Waals surface area (Å²) in [7, 11) is 0. The molecule has 2 nitrogen and oxygen atoms in total. The molecule has 1 atom stereocenters. The Labute approximate surface area is 74.3 Å². The van der Waals surface area contributed by atoms with E-state index in [4.69, 9.17) is 0 Å². The van der Waals surface area contributed by atoms with Crippen LogP contribution in [0.5, 0.6) is 0 Å². The molecule has 0 heterocycles. The molecule has 4 heteroatoms. The van der Waals surface area contributed by atoms with Gasteiger partial charge < -0.3 is 5.32 Å². The van der Waals surface area contributed by atoms with Crippen LogP contribution in [0.1, 0.15) is 6.92 Å². The lowest BCUT2D eigenvalue weighted by Gasteiger charge is -2.04. The van der Waals surface area contributed by atoms with Crippen molar-refractivity contribution in [2.24, 2.45) is 0 Å². The molecule has 0 spiro atoms. The molecule has 0 aromatic heterocycles. The van der Waals surface area contributed by atoms with Gasteiger partial charge >= 0.3 is 0 Å². The zero-order valence-corrected chi connectivity index (χ0v) is 8.59. The molecule has 10 heavy (non-hydrogen) atoms. The molecule has 0 saturated heterocycles. The van der Waals surface area contributed by atoms with Crippen LogP contribution in [0.3, 0.4) is 0 Å². The van der Waals surface area contributed by atoms with E-state index in [0.29, 0.717) is 17.1 Å². The predicted molar refractivity (Wildman–Crippen MR) is 49.8 cm³/mol. The number of rotatable bonds is 4. The van der Waals surface area contributed by atoms with Crippen molar-refractivity contribution in [1.29, 1.82) is 0 Å². The van der Waals surface area contributed by atoms with Gasteiger partial charge in [-0.3, -0.25) is 4.79 Å². The summed E-state index contributed by atoms with van der Waals surface area (Å²) < 4.78 is 0. The Morgan fingerprint density at radius 1 is 1.80 bits per heavy atom. The van der Waals surface area contributed by atoms with E-state index in [2.05, 4.69) is 21.2 Å². The smallest absolute Gasteiger partial charge is 0.230 e. The van der Waals surface area contributed by atoms with Crippen LogP contribution in [-0.2, 0) is 4.79 Å². The highest BCUT2D eigenvalue weighted by Gasteiger charge is 1.99. The molecule has 0 aromatic rings. The summed E-state index contributed by atoms with van der Waals surface area (Å²) in [6, 6.07) is 0. The van der Waals surface area contributed by atoms with Gasteiger partial charge in [-0.2, -0.15) is 11.8 Å². The van der Waals surface area contributed by atoms with E-state index < -0.39 is 0 Å². The third kappa shape index (κ3) is 6.42. The van der Waals surface area contributed by atoms with Crippen molar-refractivity contribution in [3.8, 4) is 0 Å². The first-order chi connectivity index (χ1) is 4.66. The monoisotopic (exact) mass is 225 g/mol. The highest BCUT2D eigenvalue weighted by atomic mass is 79.9. The quantitative estimate of drug-likeness (QED) is 0.731. The number of carbonyl (C=O) groups excluding carboxylic acids is 1. The number of nitrogens with one attached hydrogen (secondary N) is 1. The topological polar surface area (TPSA) is 29.1 Å². The maximum atomic E-state index is 10.8. The second-order valence-corrected chi connectivity index (χ2v) is 4.45. The first-order valence-corrected chi connectivity index (χ1v) is 5.37. The molecule has 60 valence electrons. The minimum atomic E-state index is 0.110. The van der Waals surface area contributed by atoms with Gasteiger partial charge in [0, 0.05) is 11.4 Å². The molecular formula is C6H12BrNOS. The number of carbonyl (C=O) groups is 1. The molecule has 0 aliphatic carbocycles. The lowest BCUT2D eigenvalue weighted by Crippen LogP contribution is -2.29. The van der Waals surface area contributed by atoms with Gasteiger partial charge in [-0.25, -0.2) is 0 Å². The largest absolute Gasteiger partial charge is 0.354 e. The van der Waals surface area contributed by atoms with Gasteiger partial charge in [0.25, 0.3) is 0 Å². The first kappa shape index (κ1) is 10.3. The maximum absolute atomic E-state index is 10.8. The molecule has 0 radical (unpaired) electrons. The van der Waals surface area contributed by atoms with Crippen LogP contribution in [0.15, 0.2) is 0 Å². The Morgan fingerprint density at radius 3 is 2.80 bits per heavy atom. The molecule has 0 rings (SSSR count). The summed E-state index contributed by atoms with van der Waals surface area (Å²) in [6.07, 6.45) is 1.91. The second-order valence-electron chi connectivity index (χ2n) is 2.02.